The maximum absolute atomic E-state index is 14.2. The van der Waals surface area contributed by atoms with Crippen molar-refractivity contribution in [3.05, 3.63) is 76.8 Å². The van der Waals surface area contributed by atoms with Crippen LogP contribution in [-0.4, -0.2) is 26.0 Å². The van der Waals surface area contributed by atoms with Crippen LogP contribution in [0, 0.1) is 17.7 Å². The lowest BCUT2D eigenvalue weighted by molar-refractivity contribution is 0.0692. The van der Waals surface area contributed by atoms with Gasteiger partial charge in [-0.25, -0.2) is 19.2 Å². The summed E-state index contributed by atoms with van der Waals surface area (Å²) >= 11 is 0. The summed E-state index contributed by atoms with van der Waals surface area (Å²) in [6.45, 7) is 3.98. The van der Waals surface area contributed by atoms with Gasteiger partial charge in [0.15, 0.2) is 0 Å². The zero-order chi connectivity index (χ0) is 20.1. The van der Waals surface area contributed by atoms with E-state index in [0.717, 1.165) is 29.4 Å². The molecule has 0 spiro atoms. The lowest BCUT2D eigenvalue weighted by Gasteiger charge is -2.08. The summed E-state index contributed by atoms with van der Waals surface area (Å²) in [5, 5.41) is 9.02. The van der Waals surface area contributed by atoms with Gasteiger partial charge in [0.2, 0.25) is 0 Å². The van der Waals surface area contributed by atoms with Crippen molar-refractivity contribution >= 4 is 5.97 Å². The van der Waals surface area contributed by atoms with E-state index < -0.39 is 11.8 Å². The van der Waals surface area contributed by atoms with Crippen molar-refractivity contribution in [3.8, 4) is 23.1 Å². The normalized spacial score (nSPS) is 10.2. The second kappa shape index (κ2) is 8.40. The number of aryl methyl sites for hydroxylation is 2. The Labute approximate surface area is 162 Å². The second-order valence-electron chi connectivity index (χ2n) is 6.04. The first-order valence-electron chi connectivity index (χ1n) is 8.87. The molecule has 0 aliphatic rings. The molecule has 5 nitrogen and oxygen atoms in total. The van der Waals surface area contributed by atoms with Crippen LogP contribution in [0.15, 0.2) is 42.9 Å². The number of hydrogen-bond donors (Lipinski definition) is 1. The molecule has 1 N–H and O–H groups in total. The molecule has 6 heteroatoms. The van der Waals surface area contributed by atoms with Crippen molar-refractivity contribution in [1.82, 2.24) is 15.0 Å². The molecule has 0 radical (unpaired) electrons. The van der Waals surface area contributed by atoms with Gasteiger partial charge in [-0.1, -0.05) is 31.8 Å². The minimum absolute atomic E-state index is 0.386. The van der Waals surface area contributed by atoms with Gasteiger partial charge in [-0.05, 0) is 37.1 Å². The molecule has 0 fully saturated rings. The van der Waals surface area contributed by atoms with Crippen molar-refractivity contribution < 1.29 is 14.3 Å². The third kappa shape index (κ3) is 4.04. The maximum Gasteiger partial charge on any atom is 0.338 e. The van der Waals surface area contributed by atoms with Gasteiger partial charge in [-0.2, -0.15) is 0 Å². The minimum atomic E-state index is -1.32. The third-order valence-electron chi connectivity index (χ3n) is 4.25. The van der Waals surface area contributed by atoms with E-state index >= 15 is 0 Å². The largest absolute Gasteiger partial charge is 0.478 e. The van der Waals surface area contributed by atoms with Crippen LogP contribution in [0.3, 0.4) is 0 Å². The van der Waals surface area contributed by atoms with Gasteiger partial charge in [0, 0.05) is 23.0 Å². The summed E-state index contributed by atoms with van der Waals surface area (Å²) in [4.78, 5) is 23.9. The number of nitrogens with zero attached hydrogens (tertiary/aromatic N) is 3. The molecule has 2 aromatic heterocycles. The number of halogens is 1. The molecule has 2 heterocycles. The van der Waals surface area contributed by atoms with Crippen LogP contribution in [0.1, 0.15) is 46.7 Å². The Balaban J connectivity index is 2.08. The molecule has 0 unspecified atom stereocenters. The fourth-order valence-corrected chi connectivity index (χ4v) is 2.72. The first kappa shape index (κ1) is 19.2. The molecule has 0 atom stereocenters. The fraction of sp³-hybridized carbons (Fsp3) is 0.182. The molecule has 0 aliphatic heterocycles. The van der Waals surface area contributed by atoms with Gasteiger partial charge < -0.3 is 5.11 Å². The number of carbonyl (C=O) groups is 1. The molecule has 0 amide bonds. The van der Waals surface area contributed by atoms with Crippen molar-refractivity contribution in [2.75, 3.05) is 0 Å². The number of carboxylic acids is 1. The van der Waals surface area contributed by atoms with Crippen LogP contribution in [0.2, 0.25) is 0 Å². The Hall–Kier alpha value is -3.59. The van der Waals surface area contributed by atoms with Gasteiger partial charge in [0.05, 0.1) is 22.5 Å². The Morgan fingerprint density at radius 3 is 2.50 bits per heavy atom. The average molecular weight is 375 g/mol. The van der Waals surface area contributed by atoms with E-state index in [4.69, 9.17) is 5.11 Å². The summed E-state index contributed by atoms with van der Waals surface area (Å²) in [5.74, 6) is 4.01. The lowest BCUT2D eigenvalue weighted by atomic mass is 10.0. The fourth-order valence-electron chi connectivity index (χ4n) is 2.72. The highest BCUT2D eigenvalue weighted by molar-refractivity contribution is 5.88. The van der Waals surface area contributed by atoms with Gasteiger partial charge in [0.1, 0.15) is 12.1 Å². The summed E-state index contributed by atoms with van der Waals surface area (Å²) in [6.07, 6.45) is 4.59. The van der Waals surface area contributed by atoms with Crippen LogP contribution in [0.5, 0.6) is 0 Å². The van der Waals surface area contributed by atoms with Gasteiger partial charge in [-0.15, -0.1) is 0 Å². The van der Waals surface area contributed by atoms with E-state index in [9.17, 15) is 9.18 Å². The minimum Gasteiger partial charge on any atom is -0.478 e. The highest BCUT2D eigenvalue weighted by atomic mass is 19.1. The monoisotopic (exact) mass is 375 g/mol. The SMILES string of the molecule is CCc1ccc(C#Cc2c(CC)ncnc2-c2ccc(C(=O)O)c(F)c2)cn1. The predicted molar refractivity (Wildman–Crippen MR) is 103 cm³/mol. The van der Waals surface area contributed by atoms with Crippen molar-refractivity contribution in [2.45, 2.75) is 26.7 Å². The lowest BCUT2D eigenvalue weighted by Crippen LogP contribution is -2.02. The molecular formula is C22H18FN3O2. The van der Waals surface area contributed by atoms with Crippen LogP contribution in [0.25, 0.3) is 11.3 Å². The van der Waals surface area contributed by atoms with E-state index in [-0.39, 0.29) is 5.56 Å². The molecule has 3 rings (SSSR count). The Kier molecular flexibility index (Phi) is 5.75. The number of rotatable bonds is 4. The summed E-state index contributed by atoms with van der Waals surface area (Å²) in [7, 11) is 0. The zero-order valence-corrected chi connectivity index (χ0v) is 15.5. The highest BCUT2D eigenvalue weighted by Gasteiger charge is 2.15. The number of pyridine rings is 1. The third-order valence-corrected chi connectivity index (χ3v) is 4.25. The van der Waals surface area contributed by atoms with Crippen molar-refractivity contribution in [1.29, 1.82) is 0 Å². The number of aromatic nitrogens is 3. The average Bonchev–Trinajstić information content (AvgIpc) is 2.72. The Morgan fingerprint density at radius 1 is 1.07 bits per heavy atom. The molecule has 3 aromatic rings. The van der Waals surface area contributed by atoms with Gasteiger partial charge in [-0.3, -0.25) is 4.98 Å². The molecule has 1 aromatic carbocycles. The molecular weight excluding hydrogens is 357 g/mol. The summed E-state index contributed by atoms with van der Waals surface area (Å²) < 4.78 is 14.2. The molecule has 0 saturated heterocycles. The van der Waals surface area contributed by atoms with Gasteiger partial charge >= 0.3 is 5.97 Å². The van der Waals surface area contributed by atoms with Crippen LogP contribution in [-0.2, 0) is 12.8 Å². The molecule has 0 bridgehead atoms. The van der Waals surface area contributed by atoms with Crippen molar-refractivity contribution in [3.63, 3.8) is 0 Å². The van der Waals surface area contributed by atoms with Gasteiger partial charge in [0.25, 0.3) is 0 Å². The highest BCUT2D eigenvalue weighted by Crippen LogP contribution is 2.25. The number of benzene rings is 1. The summed E-state index contributed by atoms with van der Waals surface area (Å²) in [6, 6.07) is 7.73. The van der Waals surface area contributed by atoms with Crippen molar-refractivity contribution in [2.24, 2.45) is 0 Å². The predicted octanol–water partition coefficient (Wildman–Crippen LogP) is 3.90. The molecule has 0 aliphatic carbocycles. The van der Waals surface area contributed by atoms with Crippen LogP contribution < -0.4 is 0 Å². The topological polar surface area (TPSA) is 76.0 Å². The van der Waals surface area contributed by atoms with E-state index in [1.165, 1.54) is 18.5 Å². The Morgan fingerprint density at radius 2 is 1.89 bits per heavy atom. The molecule has 0 saturated carbocycles. The van der Waals surface area contributed by atoms with E-state index in [1.54, 1.807) is 6.20 Å². The Bertz CT molecular complexity index is 1080. The first-order valence-corrected chi connectivity index (χ1v) is 8.87. The second-order valence-corrected chi connectivity index (χ2v) is 6.04. The zero-order valence-electron chi connectivity index (χ0n) is 15.5. The smallest absolute Gasteiger partial charge is 0.338 e. The van der Waals surface area contributed by atoms with Crippen LogP contribution >= 0.6 is 0 Å². The van der Waals surface area contributed by atoms with E-state index in [1.807, 2.05) is 26.0 Å². The quantitative estimate of drug-likeness (QED) is 0.700. The molecule has 140 valence electrons. The van der Waals surface area contributed by atoms with E-state index in [2.05, 4.69) is 26.8 Å². The molecule has 28 heavy (non-hydrogen) atoms. The van der Waals surface area contributed by atoms with Crippen LogP contribution in [0.4, 0.5) is 4.39 Å². The maximum atomic E-state index is 14.2. The van der Waals surface area contributed by atoms with E-state index in [0.29, 0.717) is 23.2 Å². The number of hydrogen-bond acceptors (Lipinski definition) is 4. The summed E-state index contributed by atoms with van der Waals surface area (Å²) in [5.41, 5.74) is 3.59. The standard InChI is InChI=1S/C22H18FN3O2/c1-3-16-8-5-14(12-24-16)6-9-18-20(4-2)25-13-26-21(18)15-7-10-17(22(27)28)19(23)11-15/h5,7-8,10-13H,3-4H2,1-2H3,(H,27,28). The first-order chi connectivity index (χ1) is 13.5. The number of carboxylic acid groups (broad SMARTS) is 1. The number of aromatic carboxylic acids is 1.